The maximum absolute atomic E-state index is 11.6. The molecule has 0 spiro atoms. The zero-order chi connectivity index (χ0) is 13.1. The topological polar surface area (TPSA) is 108 Å². The lowest BCUT2D eigenvalue weighted by atomic mass is 10.2. The summed E-state index contributed by atoms with van der Waals surface area (Å²) in [6.07, 6.45) is 2.04. The molecule has 1 aliphatic rings. The zero-order valence-electron chi connectivity index (χ0n) is 10.0. The lowest BCUT2D eigenvalue weighted by molar-refractivity contribution is 0.118. The highest BCUT2D eigenvalue weighted by Gasteiger charge is 2.16. The van der Waals surface area contributed by atoms with Crippen LogP contribution in [0.2, 0.25) is 0 Å². The Bertz CT molecular complexity index is 566. The summed E-state index contributed by atoms with van der Waals surface area (Å²) in [6, 6.07) is 0. The van der Waals surface area contributed by atoms with E-state index in [4.69, 9.17) is 4.74 Å². The normalized spacial score (nSPS) is 20.3. The summed E-state index contributed by atoms with van der Waals surface area (Å²) in [5.74, 6) is -0.461. The van der Waals surface area contributed by atoms with E-state index in [2.05, 4.69) is 9.98 Å². The SMILES string of the molecule is CC(=NCC1CCCO1)c1c(O)[nH]c(=O)[nH]c1=O. The van der Waals surface area contributed by atoms with Gasteiger partial charge in [-0.1, -0.05) is 0 Å². The smallest absolute Gasteiger partial charge is 0.328 e. The minimum absolute atomic E-state index is 0.00685. The van der Waals surface area contributed by atoms with Gasteiger partial charge in [0.2, 0.25) is 5.88 Å². The first kappa shape index (κ1) is 12.6. The van der Waals surface area contributed by atoms with E-state index in [1.165, 1.54) is 0 Å². The van der Waals surface area contributed by atoms with Crippen LogP contribution in [0.15, 0.2) is 14.6 Å². The van der Waals surface area contributed by atoms with Crippen molar-refractivity contribution in [3.8, 4) is 5.88 Å². The number of aromatic nitrogens is 2. The van der Waals surface area contributed by atoms with Gasteiger partial charge < -0.3 is 9.84 Å². The Morgan fingerprint density at radius 1 is 1.50 bits per heavy atom. The molecule has 7 nitrogen and oxygen atoms in total. The molecule has 2 rings (SSSR count). The van der Waals surface area contributed by atoms with E-state index in [9.17, 15) is 14.7 Å². The number of hydrogen-bond acceptors (Lipinski definition) is 5. The number of nitrogens with one attached hydrogen (secondary N) is 2. The molecule has 7 heteroatoms. The highest BCUT2D eigenvalue weighted by atomic mass is 16.5. The predicted molar refractivity (Wildman–Crippen MR) is 65.4 cm³/mol. The molecule has 1 unspecified atom stereocenters. The van der Waals surface area contributed by atoms with E-state index in [-0.39, 0.29) is 11.7 Å². The van der Waals surface area contributed by atoms with Gasteiger partial charge in [0, 0.05) is 12.3 Å². The van der Waals surface area contributed by atoms with Crippen molar-refractivity contribution in [3.63, 3.8) is 0 Å². The molecule has 0 aliphatic carbocycles. The third-order valence-corrected chi connectivity index (χ3v) is 2.84. The van der Waals surface area contributed by atoms with Gasteiger partial charge in [0.05, 0.1) is 12.6 Å². The Balaban J connectivity index is 2.22. The van der Waals surface area contributed by atoms with Gasteiger partial charge >= 0.3 is 5.69 Å². The Labute approximate surface area is 103 Å². The Kier molecular flexibility index (Phi) is 3.61. The Morgan fingerprint density at radius 2 is 2.28 bits per heavy atom. The molecule has 0 aromatic carbocycles. The lowest BCUT2D eigenvalue weighted by Gasteiger charge is -2.07. The fourth-order valence-corrected chi connectivity index (χ4v) is 1.92. The fourth-order valence-electron chi connectivity index (χ4n) is 1.92. The van der Waals surface area contributed by atoms with Crippen LogP contribution in [-0.4, -0.2) is 40.0 Å². The summed E-state index contributed by atoms with van der Waals surface area (Å²) in [5, 5.41) is 9.55. The van der Waals surface area contributed by atoms with Crippen LogP contribution in [0.4, 0.5) is 0 Å². The molecule has 2 heterocycles. The van der Waals surface area contributed by atoms with E-state index < -0.39 is 17.1 Å². The molecule has 0 amide bonds. The number of rotatable bonds is 3. The molecule has 98 valence electrons. The molecule has 18 heavy (non-hydrogen) atoms. The van der Waals surface area contributed by atoms with Crippen LogP contribution >= 0.6 is 0 Å². The van der Waals surface area contributed by atoms with Crippen LogP contribution in [0.5, 0.6) is 5.88 Å². The minimum Gasteiger partial charge on any atom is -0.494 e. The zero-order valence-corrected chi connectivity index (χ0v) is 10.0. The number of aliphatic imine (C=N–C) groups is 1. The summed E-state index contributed by atoms with van der Waals surface area (Å²) in [7, 11) is 0. The number of aromatic hydroxyl groups is 1. The van der Waals surface area contributed by atoms with Gasteiger partial charge in [-0.2, -0.15) is 0 Å². The average molecular weight is 253 g/mol. The average Bonchev–Trinajstić information content (AvgIpc) is 2.77. The standard InChI is InChI=1S/C11H15N3O4/c1-6(12-5-7-3-2-4-18-7)8-9(15)13-11(17)14-10(8)16/h7H,2-5H2,1H3,(H3,13,14,15,16,17). The lowest BCUT2D eigenvalue weighted by Crippen LogP contribution is -2.27. The molecule has 1 aromatic rings. The van der Waals surface area contributed by atoms with Crippen molar-refractivity contribution >= 4 is 5.71 Å². The van der Waals surface area contributed by atoms with Crippen LogP contribution in [0, 0.1) is 0 Å². The van der Waals surface area contributed by atoms with Crippen molar-refractivity contribution in [1.82, 2.24) is 9.97 Å². The van der Waals surface area contributed by atoms with E-state index in [0.717, 1.165) is 19.4 Å². The largest absolute Gasteiger partial charge is 0.494 e. The van der Waals surface area contributed by atoms with Crippen LogP contribution < -0.4 is 11.2 Å². The number of hydrogen-bond donors (Lipinski definition) is 3. The molecule has 0 saturated carbocycles. The van der Waals surface area contributed by atoms with Gasteiger partial charge in [0.15, 0.2) is 0 Å². The first-order valence-electron chi connectivity index (χ1n) is 5.76. The quantitative estimate of drug-likeness (QED) is 0.646. The maximum Gasteiger partial charge on any atom is 0.328 e. The van der Waals surface area contributed by atoms with Crippen molar-refractivity contribution in [2.75, 3.05) is 13.2 Å². The van der Waals surface area contributed by atoms with E-state index in [1.54, 1.807) is 6.92 Å². The number of H-pyrrole nitrogens is 2. The van der Waals surface area contributed by atoms with E-state index >= 15 is 0 Å². The monoisotopic (exact) mass is 253 g/mol. The third kappa shape index (κ3) is 2.67. The fraction of sp³-hybridized carbons (Fsp3) is 0.545. The number of nitrogens with zero attached hydrogens (tertiary/aromatic N) is 1. The van der Waals surface area contributed by atoms with Gasteiger partial charge in [-0.05, 0) is 19.8 Å². The van der Waals surface area contributed by atoms with Crippen LogP contribution in [0.3, 0.4) is 0 Å². The first-order valence-corrected chi connectivity index (χ1v) is 5.76. The van der Waals surface area contributed by atoms with Gasteiger partial charge in [-0.3, -0.25) is 19.8 Å². The van der Waals surface area contributed by atoms with Crippen LogP contribution in [-0.2, 0) is 4.74 Å². The highest BCUT2D eigenvalue weighted by Crippen LogP contribution is 2.13. The highest BCUT2D eigenvalue weighted by molar-refractivity contribution is 6.00. The molecule has 3 N–H and O–H groups in total. The van der Waals surface area contributed by atoms with E-state index in [0.29, 0.717) is 12.3 Å². The van der Waals surface area contributed by atoms with Crippen LogP contribution in [0.25, 0.3) is 0 Å². The summed E-state index contributed by atoms with van der Waals surface area (Å²) >= 11 is 0. The minimum atomic E-state index is -0.742. The second-order valence-electron chi connectivity index (χ2n) is 4.19. The predicted octanol–water partition coefficient (Wildman–Crippen LogP) is -0.243. The molecule has 1 atom stereocenters. The molecule has 0 radical (unpaired) electrons. The summed E-state index contributed by atoms with van der Waals surface area (Å²) in [6.45, 7) is 2.80. The van der Waals surface area contributed by atoms with Crippen molar-refractivity contribution in [2.45, 2.75) is 25.9 Å². The molecule has 0 bridgehead atoms. The maximum atomic E-state index is 11.6. The van der Waals surface area contributed by atoms with Crippen LogP contribution in [0.1, 0.15) is 25.3 Å². The third-order valence-electron chi connectivity index (χ3n) is 2.84. The van der Waals surface area contributed by atoms with Crippen molar-refractivity contribution in [3.05, 3.63) is 26.4 Å². The van der Waals surface area contributed by atoms with E-state index in [1.807, 2.05) is 4.98 Å². The molecule has 1 aromatic heterocycles. The second-order valence-corrected chi connectivity index (χ2v) is 4.19. The second kappa shape index (κ2) is 5.18. The molecular formula is C11H15N3O4. The molecule has 1 fully saturated rings. The first-order chi connectivity index (χ1) is 8.58. The number of aromatic amines is 2. The summed E-state index contributed by atoms with van der Waals surface area (Å²) < 4.78 is 5.41. The Hall–Kier alpha value is -1.89. The molecule has 1 aliphatic heterocycles. The summed E-state index contributed by atoms with van der Waals surface area (Å²) in [4.78, 5) is 30.9. The van der Waals surface area contributed by atoms with Gasteiger partial charge in [-0.15, -0.1) is 0 Å². The van der Waals surface area contributed by atoms with Gasteiger partial charge in [-0.25, -0.2) is 4.79 Å². The Morgan fingerprint density at radius 3 is 2.89 bits per heavy atom. The summed E-state index contributed by atoms with van der Waals surface area (Å²) in [5.41, 5.74) is -1.02. The van der Waals surface area contributed by atoms with Crippen molar-refractivity contribution in [1.29, 1.82) is 0 Å². The van der Waals surface area contributed by atoms with Crippen molar-refractivity contribution < 1.29 is 9.84 Å². The molecule has 1 saturated heterocycles. The van der Waals surface area contributed by atoms with Gasteiger partial charge in [0.25, 0.3) is 5.56 Å². The van der Waals surface area contributed by atoms with Crippen molar-refractivity contribution in [2.24, 2.45) is 4.99 Å². The number of ether oxygens (including phenoxy) is 1. The van der Waals surface area contributed by atoms with Gasteiger partial charge in [0.1, 0.15) is 5.56 Å². The molecular weight excluding hydrogens is 238 g/mol.